The van der Waals surface area contributed by atoms with Crippen LogP contribution >= 0.6 is 11.3 Å². The fourth-order valence-corrected chi connectivity index (χ4v) is 7.08. The number of pyridine rings is 2. The van der Waals surface area contributed by atoms with Gasteiger partial charge in [0.1, 0.15) is 10.6 Å². The van der Waals surface area contributed by atoms with E-state index in [0.717, 1.165) is 58.6 Å². The molecule has 2 aromatic carbocycles. The first-order valence-corrected chi connectivity index (χ1v) is 14.1. The maximum Gasteiger partial charge on any atom is 0.138 e. The average molecular weight is 508 g/mol. The molecule has 4 heterocycles. The SMILES string of the molecule is C1=Cc2c(sc3nc4c5c(n(-c6cc(-c7ccccc7)cc(-c7ccccc7)n6)c4cc23)CCC=C5)CC1. The van der Waals surface area contributed by atoms with Crippen molar-refractivity contribution in [2.75, 3.05) is 0 Å². The first kappa shape index (κ1) is 21.8. The van der Waals surface area contributed by atoms with Crippen molar-refractivity contribution in [1.29, 1.82) is 0 Å². The maximum atomic E-state index is 5.29. The maximum absolute atomic E-state index is 5.29. The van der Waals surface area contributed by atoms with E-state index in [0.29, 0.717) is 0 Å². The van der Waals surface area contributed by atoms with E-state index in [4.69, 9.17) is 9.97 Å². The van der Waals surface area contributed by atoms with Crippen LogP contribution in [-0.2, 0) is 12.8 Å². The molecular weight excluding hydrogens is 482 g/mol. The molecule has 0 N–H and O–H groups in total. The summed E-state index contributed by atoms with van der Waals surface area (Å²) in [5.74, 6) is 0.951. The lowest BCUT2D eigenvalue weighted by Crippen LogP contribution is -2.06. The van der Waals surface area contributed by atoms with Gasteiger partial charge in [-0.2, -0.15) is 0 Å². The topological polar surface area (TPSA) is 30.7 Å². The van der Waals surface area contributed by atoms with E-state index < -0.39 is 0 Å². The number of aromatic nitrogens is 3. The van der Waals surface area contributed by atoms with E-state index >= 15 is 0 Å². The monoisotopic (exact) mass is 507 g/mol. The van der Waals surface area contributed by atoms with Gasteiger partial charge in [-0.1, -0.05) is 85.0 Å². The van der Waals surface area contributed by atoms with Gasteiger partial charge in [-0.25, -0.2) is 9.97 Å². The summed E-state index contributed by atoms with van der Waals surface area (Å²) in [6.45, 7) is 0. The zero-order chi connectivity index (χ0) is 25.1. The van der Waals surface area contributed by atoms with Gasteiger partial charge >= 0.3 is 0 Å². The van der Waals surface area contributed by atoms with Crippen molar-refractivity contribution in [3.63, 3.8) is 0 Å². The van der Waals surface area contributed by atoms with E-state index in [-0.39, 0.29) is 0 Å². The molecule has 0 amide bonds. The number of allylic oxidation sites excluding steroid dienone is 2. The number of hydrogen-bond acceptors (Lipinski definition) is 3. The van der Waals surface area contributed by atoms with Crippen LogP contribution in [0.15, 0.2) is 91.0 Å². The van der Waals surface area contributed by atoms with Crippen LogP contribution in [0.2, 0.25) is 0 Å². The highest BCUT2D eigenvalue weighted by Gasteiger charge is 2.24. The number of fused-ring (bicyclic) bond motifs is 6. The second-order valence-electron chi connectivity index (χ2n) is 10.1. The molecule has 182 valence electrons. The van der Waals surface area contributed by atoms with Crippen LogP contribution < -0.4 is 0 Å². The summed E-state index contributed by atoms with van der Waals surface area (Å²) in [6.07, 6.45) is 13.4. The molecule has 0 saturated heterocycles. The fraction of sp³-hybridized carbons (Fsp3) is 0.118. The second kappa shape index (κ2) is 8.64. The molecule has 0 fully saturated rings. The Morgan fingerprint density at radius 3 is 2.24 bits per heavy atom. The van der Waals surface area contributed by atoms with E-state index in [9.17, 15) is 0 Å². The number of thiophene rings is 1. The highest BCUT2D eigenvalue weighted by Crippen LogP contribution is 2.40. The van der Waals surface area contributed by atoms with Crippen molar-refractivity contribution in [3.05, 3.63) is 113 Å². The van der Waals surface area contributed by atoms with Crippen LogP contribution in [0.5, 0.6) is 0 Å². The van der Waals surface area contributed by atoms with Crippen molar-refractivity contribution in [1.82, 2.24) is 14.5 Å². The van der Waals surface area contributed by atoms with Gasteiger partial charge < -0.3 is 0 Å². The van der Waals surface area contributed by atoms with Crippen molar-refractivity contribution < 1.29 is 0 Å². The predicted molar refractivity (Wildman–Crippen MR) is 160 cm³/mol. The molecule has 38 heavy (non-hydrogen) atoms. The lowest BCUT2D eigenvalue weighted by Gasteiger charge is -2.15. The first-order valence-electron chi connectivity index (χ1n) is 13.3. The standard InChI is InChI=1S/C34H25N3S/c1-3-11-22(12-4-1)24-19-28(23-13-5-2-6-14-23)35-32(20-24)37-29-17-9-7-16-26(29)33-30(37)21-27-25-15-8-10-18-31(25)38-34(27)36-33/h1-8,11-16,19-21H,9-10,17-18H2. The molecule has 6 aromatic rings. The molecule has 0 saturated carbocycles. The minimum atomic E-state index is 0.951. The zero-order valence-corrected chi connectivity index (χ0v) is 21.7. The van der Waals surface area contributed by atoms with Crippen LogP contribution in [0, 0.1) is 0 Å². The van der Waals surface area contributed by atoms with Gasteiger partial charge in [0.15, 0.2) is 0 Å². The summed E-state index contributed by atoms with van der Waals surface area (Å²) in [6, 6.07) is 27.9. The van der Waals surface area contributed by atoms with E-state index in [1.54, 1.807) is 0 Å². The van der Waals surface area contributed by atoms with Gasteiger partial charge in [-0.3, -0.25) is 4.57 Å². The molecule has 0 unspecified atom stereocenters. The Morgan fingerprint density at radius 1 is 0.684 bits per heavy atom. The molecule has 4 heteroatoms. The summed E-state index contributed by atoms with van der Waals surface area (Å²) in [4.78, 5) is 13.2. The highest BCUT2D eigenvalue weighted by atomic mass is 32.1. The molecule has 0 atom stereocenters. The molecule has 2 aliphatic rings. The number of rotatable bonds is 3. The van der Waals surface area contributed by atoms with Crippen molar-refractivity contribution in [2.45, 2.75) is 25.7 Å². The Labute approximate surface area is 225 Å². The zero-order valence-electron chi connectivity index (χ0n) is 20.9. The van der Waals surface area contributed by atoms with Gasteiger partial charge in [0.05, 0.1) is 16.7 Å². The van der Waals surface area contributed by atoms with Crippen LogP contribution in [-0.4, -0.2) is 14.5 Å². The minimum absolute atomic E-state index is 0.951. The quantitative estimate of drug-likeness (QED) is 0.239. The minimum Gasteiger partial charge on any atom is -0.296 e. The summed E-state index contributed by atoms with van der Waals surface area (Å²) < 4.78 is 2.39. The molecule has 8 rings (SSSR count). The van der Waals surface area contributed by atoms with Crippen LogP contribution in [0.25, 0.3) is 61.6 Å². The molecule has 0 spiro atoms. The third-order valence-electron chi connectivity index (χ3n) is 7.73. The molecule has 4 aromatic heterocycles. The smallest absolute Gasteiger partial charge is 0.138 e. The fourth-order valence-electron chi connectivity index (χ4n) is 5.92. The van der Waals surface area contributed by atoms with Gasteiger partial charge in [0.25, 0.3) is 0 Å². The van der Waals surface area contributed by atoms with Crippen LogP contribution in [0.3, 0.4) is 0 Å². The average Bonchev–Trinajstić information content (AvgIpc) is 3.51. The summed E-state index contributed by atoms with van der Waals surface area (Å²) in [7, 11) is 0. The number of hydrogen-bond donors (Lipinski definition) is 0. The van der Waals surface area contributed by atoms with Crippen LogP contribution in [0.4, 0.5) is 0 Å². The third kappa shape index (κ3) is 3.41. The van der Waals surface area contributed by atoms with Gasteiger partial charge in [-0.15, -0.1) is 11.3 Å². The molecule has 0 radical (unpaired) electrons. The largest absolute Gasteiger partial charge is 0.296 e. The number of benzene rings is 2. The van der Waals surface area contributed by atoms with Gasteiger partial charge in [0.2, 0.25) is 0 Å². The lowest BCUT2D eigenvalue weighted by atomic mass is 10.0. The predicted octanol–water partition coefficient (Wildman–Crippen LogP) is 8.89. The molecular formula is C34H25N3S. The normalized spacial score (nSPS) is 14.2. The number of nitrogens with zero attached hydrogens (tertiary/aromatic N) is 3. The van der Waals surface area contributed by atoms with E-state index in [2.05, 4.69) is 108 Å². The molecule has 3 nitrogen and oxygen atoms in total. The summed E-state index contributed by atoms with van der Waals surface area (Å²) in [5.41, 5.74) is 10.6. The third-order valence-corrected chi connectivity index (χ3v) is 8.90. The lowest BCUT2D eigenvalue weighted by molar-refractivity contribution is 0.872. The Balaban J connectivity index is 1.45. The molecule has 2 aliphatic carbocycles. The highest BCUT2D eigenvalue weighted by molar-refractivity contribution is 7.19. The molecule has 0 bridgehead atoms. The van der Waals surface area contributed by atoms with Gasteiger partial charge in [0, 0.05) is 27.1 Å². The number of aryl methyl sites for hydroxylation is 1. The van der Waals surface area contributed by atoms with E-state index in [1.165, 1.54) is 38.2 Å². The summed E-state index contributed by atoms with van der Waals surface area (Å²) in [5, 5.41) is 1.26. The van der Waals surface area contributed by atoms with Crippen molar-refractivity contribution in [3.8, 4) is 28.2 Å². The second-order valence-corrected chi connectivity index (χ2v) is 11.1. The Morgan fingerprint density at radius 2 is 1.42 bits per heavy atom. The Kier molecular flexibility index (Phi) is 4.95. The Bertz CT molecular complexity index is 1850. The van der Waals surface area contributed by atoms with Crippen molar-refractivity contribution >= 4 is 44.7 Å². The Hall–Kier alpha value is -4.28. The molecule has 0 aliphatic heterocycles. The van der Waals surface area contributed by atoms with E-state index in [1.807, 2.05) is 11.3 Å². The summed E-state index contributed by atoms with van der Waals surface area (Å²) >= 11 is 1.86. The van der Waals surface area contributed by atoms with Crippen molar-refractivity contribution in [2.24, 2.45) is 0 Å². The van der Waals surface area contributed by atoms with Gasteiger partial charge in [-0.05, 0) is 60.6 Å². The van der Waals surface area contributed by atoms with Crippen LogP contribution in [0.1, 0.15) is 34.5 Å². The first-order chi connectivity index (χ1) is 18.8.